The highest BCUT2D eigenvalue weighted by molar-refractivity contribution is 5.75. The molecule has 0 saturated carbocycles. The Kier molecular flexibility index (Phi) is 3.40. The summed E-state index contributed by atoms with van der Waals surface area (Å²) in [6.07, 6.45) is 2.38. The Labute approximate surface area is 111 Å². The van der Waals surface area contributed by atoms with Crippen LogP contribution in [-0.2, 0) is 0 Å². The fourth-order valence-corrected chi connectivity index (χ4v) is 2.94. The number of aromatic amines is 2. The van der Waals surface area contributed by atoms with Crippen LogP contribution in [0.15, 0.2) is 23.0 Å². The van der Waals surface area contributed by atoms with Gasteiger partial charge in [0.2, 0.25) is 0 Å². The zero-order valence-corrected chi connectivity index (χ0v) is 11.1. The van der Waals surface area contributed by atoms with E-state index in [0.717, 1.165) is 36.5 Å². The first-order valence-corrected chi connectivity index (χ1v) is 6.86. The number of fused-ring (bicyclic) bond motifs is 1. The molecule has 1 saturated heterocycles. The van der Waals surface area contributed by atoms with E-state index in [0.29, 0.717) is 6.04 Å². The maximum atomic E-state index is 11.3. The summed E-state index contributed by atoms with van der Waals surface area (Å²) in [5.74, 6) is 0.735. The largest absolute Gasteiger partial charge is 0.323 e. The summed E-state index contributed by atoms with van der Waals surface area (Å²) in [7, 11) is 2.00. The number of imidazole rings is 1. The quantitative estimate of drug-likeness (QED) is 0.665. The Morgan fingerprint density at radius 1 is 1.37 bits per heavy atom. The first kappa shape index (κ1) is 12.4. The van der Waals surface area contributed by atoms with Gasteiger partial charge in [-0.15, -0.1) is 0 Å². The molecule has 5 nitrogen and oxygen atoms in total. The van der Waals surface area contributed by atoms with Crippen molar-refractivity contribution in [3.63, 3.8) is 0 Å². The van der Waals surface area contributed by atoms with Gasteiger partial charge in [-0.1, -0.05) is 6.07 Å². The van der Waals surface area contributed by atoms with Crippen molar-refractivity contribution in [3.05, 3.63) is 34.2 Å². The second-order valence-corrected chi connectivity index (χ2v) is 5.32. The van der Waals surface area contributed by atoms with Crippen LogP contribution in [0.1, 0.15) is 24.4 Å². The number of aromatic nitrogens is 2. The summed E-state index contributed by atoms with van der Waals surface area (Å²) in [5, 5.41) is 6.79. The highest BCUT2D eigenvalue weighted by atomic mass is 16.1. The molecule has 102 valence electrons. The number of hydrogen-bond donors (Lipinski definition) is 4. The van der Waals surface area contributed by atoms with Gasteiger partial charge in [-0.2, -0.15) is 0 Å². The Hall–Kier alpha value is -1.59. The molecule has 0 spiro atoms. The van der Waals surface area contributed by atoms with Crippen LogP contribution in [0.25, 0.3) is 11.0 Å². The fraction of sp³-hybridized carbons (Fsp3) is 0.500. The molecule has 2 atom stereocenters. The third-order valence-electron chi connectivity index (χ3n) is 4.02. The number of hydrogen-bond acceptors (Lipinski definition) is 3. The Morgan fingerprint density at radius 3 is 2.95 bits per heavy atom. The summed E-state index contributed by atoms with van der Waals surface area (Å²) >= 11 is 0. The van der Waals surface area contributed by atoms with Gasteiger partial charge in [-0.05, 0) is 56.6 Å². The molecule has 1 aromatic carbocycles. The third kappa shape index (κ3) is 2.57. The van der Waals surface area contributed by atoms with Crippen LogP contribution in [0, 0.1) is 5.92 Å². The minimum absolute atomic E-state index is 0.145. The standard InChI is InChI=1S/C14H20N4O/c1-15-12(6-9-4-5-16-8-9)10-2-3-11-13(7-10)18-14(19)17-11/h2-3,7,9,12,15-16H,4-6,8H2,1H3,(H2,17,18,19). The summed E-state index contributed by atoms with van der Waals surface area (Å²) in [6, 6.07) is 6.47. The molecule has 0 radical (unpaired) electrons. The third-order valence-corrected chi connectivity index (χ3v) is 4.02. The van der Waals surface area contributed by atoms with Crippen molar-refractivity contribution in [2.45, 2.75) is 18.9 Å². The average Bonchev–Trinajstić information content (AvgIpc) is 3.02. The lowest BCUT2D eigenvalue weighted by Crippen LogP contribution is -2.21. The lowest BCUT2D eigenvalue weighted by atomic mass is 9.94. The van der Waals surface area contributed by atoms with Crippen LogP contribution >= 0.6 is 0 Å². The van der Waals surface area contributed by atoms with E-state index in [2.05, 4.69) is 32.7 Å². The zero-order chi connectivity index (χ0) is 13.2. The van der Waals surface area contributed by atoms with Crippen molar-refractivity contribution in [1.29, 1.82) is 0 Å². The molecule has 0 amide bonds. The van der Waals surface area contributed by atoms with Gasteiger partial charge in [0.25, 0.3) is 0 Å². The van der Waals surface area contributed by atoms with Gasteiger partial charge in [0.1, 0.15) is 0 Å². The van der Waals surface area contributed by atoms with Crippen molar-refractivity contribution in [1.82, 2.24) is 20.6 Å². The van der Waals surface area contributed by atoms with E-state index >= 15 is 0 Å². The first-order chi connectivity index (χ1) is 9.26. The Balaban J connectivity index is 1.84. The predicted octanol–water partition coefficient (Wildman–Crippen LogP) is 1.12. The molecule has 5 heteroatoms. The maximum absolute atomic E-state index is 11.3. The average molecular weight is 260 g/mol. The number of rotatable bonds is 4. The molecule has 1 fully saturated rings. The van der Waals surface area contributed by atoms with Crippen molar-refractivity contribution in [2.75, 3.05) is 20.1 Å². The molecule has 2 heterocycles. The summed E-state index contributed by atoms with van der Waals surface area (Å²) < 4.78 is 0. The van der Waals surface area contributed by atoms with Crippen molar-refractivity contribution >= 4 is 11.0 Å². The molecule has 0 aliphatic carbocycles. The summed E-state index contributed by atoms with van der Waals surface area (Å²) in [6.45, 7) is 2.24. The number of H-pyrrole nitrogens is 2. The second-order valence-electron chi connectivity index (χ2n) is 5.32. The predicted molar refractivity (Wildman–Crippen MR) is 76.3 cm³/mol. The topological polar surface area (TPSA) is 72.7 Å². The van der Waals surface area contributed by atoms with Crippen molar-refractivity contribution in [3.8, 4) is 0 Å². The Morgan fingerprint density at radius 2 is 2.21 bits per heavy atom. The van der Waals surface area contributed by atoms with Crippen LogP contribution in [-0.4, -0.2) is 30.1 Å². The molecular weight excluding hydrogens is 240 g/mol. The Bertz CT molecular complexity index is 609. The molecule has 2 aromatic rings. The van der Waals surface area contributed by atoms with E-state index in [1.54, 1.807) is 0 Å². The van der Waals surface area contributed by atoms with Gasteiger partial charge in [-0.25, -0.2) is 4.79 Å². The second kappa shape index (κ2) is 5.19. The normalized spacial score (nSPS) is 21.0. The zero-order valence-electron chi connectivity index (χ0n) is 11.1. The van der Waals surface area contributed by atoms with E-state index in [4.69, 9.17) is 0 Å². The van der Waals surface area contributed by atoms with Gasteiger partial charge < -0.3 is 20.6 Å². The smallest absolute Gasteiger partial charge is 0.316 e. The lowest BCUT2D eigenvalue weighted by molar-refractivity contribution is 0.430. The van der Waals surface area contributed by atoms with Crippen LogP contribution in [0.2, 0.25) is 0 Å². The van der Waals surface area contributed by atoms with Gasteiger partial charge in [-0.3, -0.25) is 0 Å². The fourth-order valence-electron chi connectivity index (χ4n) is 2.94. The number of benzene rings is 1. The monoisotopic (exact) mass is 260 g/mol. The molecular formula is C14H20N4O. The first-order valence-electron chi connectivity index (χ1n) is 6.86. The molecule has 1 aromatic heterocycles. The van der Waals surface area contributed by atoms with E-state index < -0.39 is 0 Å². The molecule has 19 heavy (non-hydrogen) atoms. The molecule has 1 aliphatic heterocycles. The SMILES string of the molecule is CNC(CC1CCNC1)c1ccc2[nH]c(=O)[nH]c2c1. The van der Waals surface area contributed by atoms with Gasteiger partial charge in [0.05, 0.1) is 11.0 Å². The molecule has 1 aliphatic rings. The summed E-state index contributed by atoms with van der Waals surface area (Å²) in [4.78, 5) is 16.9. The molecule has 4 N–H and O–H groups in total. The van der Waals surface area contributed by atoms with Gasteiger partial charge in [0.15, 0.2) is 0 Å². The summed E-state index contributed by atoms with van der Waals surface area (Å²) in [5.41, 5.74) is 2.84. The minimum Gasteiger partial charge on any atom is -0.316 e. The highest BCUT2D eigenvalue weighted by Gasteiger charge is 2.20. The van der Waals surface area contributed by atoms with Gasteiger partial charge >= 0.3 is 5.69 Å². The van der Waals surface area contributed by atoms with Crippen LogP contribution in [0.4, 0.5) is 0 Å². The van der Waals surface area contributed by atoms with Crippen LogP contribution in [0.5, 0.6) is 0 Å². The van der Waals surface area contributed by atoms with Crippen molar-refractivity contribution < 1.29 is 0 Å². The molecule has 2 unspecified atom stereocenters. The highest BCUT2D eigenvalue weighted by Crippen LogP contribution is 2.26. The van der Waals surface area contributed by atoms with E-state index in [-0.39, 0.29) is 5.69 Å². The molecule has 0 bridgehead atoms. The number of nitrogens with one attached hydrogen (secondary N) is 4. The lowest BCUT2D eigenvalue weighted by Gasteiger charge is -2.20. The van der Waals surface area contributed by atoms with E-state index in [1.807, 2.05) is 13.1 Å². The maximum Gasteiger partial charge on any atom is 0.323 e. The molecule has 3 rings (SSSR count). The van der Waals surface area contributed by atoms with E-state index in [9.17, 15) is 4.79 Å². The van der Waals surface area contributed by atoms with E-state index in [1.165, 1.54) is 12.0 Å². The van der Waals surface area contributed by atoms with Crippen LogP contribution < -0.4 is 16.3 Å². The minimum atomic E-state index is -0.145. The van der Waals surface area contributed by atoms with Crippen molar-refractivity contribution in [2.24, 2.45) is 5.92 Å². The van der Waals surface area contributed by atoms with Gasteiger partial charge in [0, 0.05) is 6.04 Å². The van der Waals surface area contributed by atoms with Crippen LogP contribution in [0.3, 0.4) is 0 Å².